The average Bonchev–Trinajstić information content (AvgIpc) is 3.22. The highest BCUT2D eigenvalue weighted by atomic mass is 16.5. The zero-order valence-corrected chi connectivity index (χ0v) is 18.1. The Morgan fingerprint density at radius 3 is 2.67 bits per heavy atom. The Kier molecular flexibility index (Phi) is 6.42. The fourth-order valence-electron chi connectivity index (χ4n) is 4.82. The Labute approximate surface area is 178 Å². The first-order valence-corrected chi connectivity index (χ1v) is 11.3. The van der Waals surface area contributed by atoms with Crippen LogP contribution in [0, 0.1) is 13.8 Å². The third-order valence-corrected chi connectivity index (χ3v) is 6.40. The Morgan fingerprint density at radius 2 is 1.93 bits per heavy atom. The highest BCUT2D eigenvalue weighted by Gasteiger charge is 2.25. The number of carbonyl (C=O) groups is 1. The molecule has 1 unspecified atom stereocenters. The third kappa shape index (κ3) is 4.86. The Morgan fingerprint density at radius 1 is 1.13 bits per heavy atom. The van der Waals surface area contributed by atoms with Gasteiger partial charge in [0.1, 0.15) is 0 Å². The summed E-state index contributed by atoms with van der Waals surface area (Å²) in [5, 5.41) is 4.21. The van der Waals surface area contributed by atoms with E-state index >= 15 is 0 Å². The van der Waals surface area contributed by atoms with Crippen LogP contribution in [0.5, 0.6) is 0 Å². The molecule has 2 amide bonds. The SMILES string of the molecule is Cc1cc(C)c2[nH]c(=O)c(CN(CC3CCCO3)C(=O)NC3CCCCC3)cc2c1. The highest BCUT2D eigenvalue weighted by Crippen LogP contribution is 2.21. The van der Waals surface area contributed by atoms with E-state index in [4.69, 9.17) is 4.74 Å². The fourth-order valence-corrected chi connectivity index (χ4v) is 4.82. The van der Waals surface area contributed by atoms with Gasteiger partial charge < -0.3 is 19.9 Å². The van der Waals surface area contributed by atoms with Crippen molar-refractivity contribution in [1.82, 2.24) is 15.2 Å². The number of hydrogen-bond donors (Lipinski definition) is 2. The van der Waals surface area contributed by atoms with Crippen molar-refractivity contribution < 1.29 is 9.53 Å². The lowest BCUT2D eigenvalue weighted by atomic mass is 9.96. The molecule has 2 fully saturated rings. The second-order valence-corrected chi connectivity index (χ2v) is 8.97. The van der Waals surface area contributed by atoms with Crippen LogP contribution in [0.25, 0.3) is 10.9 Å². The van der Waals surface area contributed by atoms with E-state index in [1.54, 1.807) is 4.90 Å². The number of benzene rings is 1. The molecule has 1 aromatic heterocycles. The minimum absolute atomic E-state index is 0.0473. The van der Waals surface area contributed by atoms with Gasteiger partial charge in [-0.15, -0.1) is 0 Å². The number of nitrogens with one attached hydrogen (secondary N) is 2. The number of amides is 2. The number of H-pyrrole nitrogens is 1. The van der Waals surface area contributed by atoms with Crippen LogP contribution in [-0.4, -0.2) is 41.2 Å². The van der Waals surface area contributed by atoms with Gasteiger partial charge in [0.2, 0.25) is 0 Å². The van der Waals surface area contributed by atoms with E-state index in [1.807, 2.05) is 13.0 Å². The predicted molar refractivity (Wildman–Crippen MR) is 119 cm³/mol. The summed E-state index contributed by atoms with van der Waals surface area (Å²) in [7, 11) is 0. The molecule has 1 atom stereocenters. The van der Waals surface area contributed by atoms with Crippen molar-refractivity contribution in [3.8, 4) is 0 Å². The van der Waals surface area contributed by atoms with Crippen molar-refractivity contribution >= 4 is 16.9 Å². The van der Waals surface area contributed by atoms with Crippen molar-refractivity contribution in [1.29, 1.82) is 0 Å². The quantitative estimate of drug-likeness (QED) is 0.775. The van der Waals surface area contributed by atoms with Crippen molar-refractivity contribution in [2.75, 3.05) is 13.2 Å². The summed E-state index contributed by atoms with van der Waals surface area (Å²) in [5.74, 6) is 0. The molecule has 1 saturated carbocycles. The standard InChI is InChI=1S/C24H33N3O3/c1-16-11-17(2)22-18(12-16)13-19(23(28)26-22)14-27(15-21-9-6-10-30-21)24(29)25-20-7-4-3-5-8-20/h11-13,20-21H,3-10,14-15H2,1-2H3,(H,25,29)(H,26,28). The molecule has 6 nitrogen and oxygen atoms in total. The minimum Gasteiger partial charge on any atom is -0.376 e. The number of aromatic nitrogens is 1. The van der Waals surface area contributed by atoms with Crippen LogP contribution in [-0.2, 0) is 11.3 Å². The smallest absolute Gasteiger partial charge is 0.318 e. The van der Waals surface area contributed by atoms with Crippen LogP contribution >= 0.6 is 0 Å². The molecule has 30 heavy (non-hydrogen) atoms. The van der Waals surface area contributed by atoms with Gasteiger partial charge in [-0.05, 0) is 62.6 Å². The molecule has 1 aliphatic carbocycles. The number of pyridine rings is 1. The van der Waals surface area contributed by atoms with Crippen molar-refractivity contribution in [2.24, 2.45) is 0 Å². The van der Waals surface area contributed by atoms with Crippen molar-refractivity contribution in [3.63, 3.8) is 0 Å². The monoisotopic (exact) mass is 411 g/mol. The Bertz CT molecular complexity index is 956. The molecule has 2 heterocycles. The van der Waals surface area contributed by atoms with E-state index in [0.717, 1.165) is 54.3 Å². The number of fused-ring (bicyclic) bond motifs is 1. The maximum atomic E-state index is 13.1. The fraction of sp³-hybridized carbons (Fsp3) is 0.583. The lowest BCUT2D eigenvalue weighted by molar-refractivity contribution is 0.0784. The molecule has 0 spiro atoms. The highest BCUT2D eigenvalue weighted by molar-refractivity contribution is 5.83. The number of aryl methyl sites for hydroxylation is 2. The van der Waals surface area contributed by atoms with Gasteiger partial charge >= 0.3 is 6.03 Å². The normalized spacial score (nSPS) is 19.9. The van der Waals surface area contributed by atoms with E-state index < -0.39 is 0 Å². The van der Waals surface area contributed by atoms with Crippen LogP contribution in [0.2, 0.25) is 0 Å². The first kappa shape index (κ1) is 20.9. The van der Waals surface area contributed by atoms with E-state index in [2.05, 4.69) is 29.4 Å². The number of hydrogen-bond acceptors (Lipinski definition) is 3. The maximum absolute atomic E-state index is 13.1. The molecular weight excluding hydrogens is 378 g/mol. The number of rotatable bonds is 5. The van der Waals surface area contributed by atoms with Crippen molar-refractivity contribution in [2.45, 2.75) is 77.5 Å². The molecule has 1 aromatic carbocycles. The van der Waals surface area contributed by atoms with E-state index in [9.17, 15) is 9.59 Å². The third-order valence-electron chi connectivity index (χ3n) is 6.40. The number of aromatic amines is 1. The van der Waals surface area contributed by atoms with Crippen LogP contribution in [0.1, 0.15) is 61.6 Å². The lowest BCUT2D eigenvalue weighted by Gasteiger charge is -2.29. The number of urea groups is 1. The maximum Gasteiger partial charge on any atom is 0.318 e. The van der Waals surface area contributed by atoms with Gasteiger partial charge in [-0.1, -0.05) is 30.9 Å². The van der Waals surface area contributed by atoms with Crippen molar-refractivity contribution in [3.05, 3.63) is 45.2 Å². The largest absolute Gasteiger partial charge is 0.376 e. The molecule has 1 saturated heterocycles. The molecule has 0 bridgehead atoms. The van der Waals surface area contributed by atoms with Crippen LogP contribution in [0.4, 0.5) is 4.79 Å². The molecule has 1 aliphatic heterocycles. The molecule has 2 N–H and O–H groups in total. The molecule has 2 aromatic rings. The van der Waals surface area contributed by atoms with Gasteiger partial charge in [0.25, 0.3) is 5.56 Å². The predicted octanol–water partition coefficient (Wildman–Crippen LogP) is 4.17. The van der Waals surface area contributed by atoms with Gasteiger partial charge in [-0.25, -0.2) is 4.79 Å². The zero-order valence-electron chi connectivity index (χ0n) is 18.1. The summed E-state index contributed by atoms with van der Waals surface area (Å²) in [6, 6.07) is 6.23. The molecule has 162 valence electrons. The average molecular weight is 412 g/mol. The summed E-state index contributed by atoms with van der Waals surface area (Å²) in [6.45, 7) is 5.61. The van der Waals surface area contributed by atoms with E-state index in [-0.39, 0.29) is 30.3 Å². The molecule has 4 rings (SSSR count). The molecule has 0 radical (unpaired) electrons. The van der Waals surface area contributed by atoms with Crippen LogP contribution < -0.4 is 10.9 Å². The van der Waals surface area contributed by atoms with E-state index in [0.29, 0.717) is 12.1 Å². The minimum atomic E-state index is -0.128. The number of ether oxygens (including phenoxy) is 1. The number of nitrogens with zero attached hydrogens (tertiary/aromatic N) is 1. The number of carbonyl (C=O) groups excluding carboxylic acids is 1. The zero-order chi connectivity index (χ0) is 21.1. The van der Waals surface area contributed by atoms with E-state index in [1.165, 1.54) is 19.3 Å². The van der Waals surface area contributed by atoms with Gasteiger partial charge in [0.05, 0.1) is 18.2 Å². The lowest BCUT2D eigenvalue weighted by Crippen LogP contribution is -2.48. The summed E-state index contributed by atoms with van der Waals surface area (Å²) in [6.07, 6.45) is 7.68. The van der Waals surface area contributed by atoms with Gasteiger partial charge in [-0.2, -0.15) is 0 Å². The molecule has 6 heteroatoms. The summed E-state index contributed by atoms with van der Waals surface area (Å²) >= 11 is 0. The van der Waals surface area contributed by atoms with Crippen LogP contribution in [0.3, 0.4) is 0 Å². The molecular formula is C24H33N3O3. The van der Waals surface area contributed by atoms with Gasteiger partial charge in [-0.3, -0.25) is 4.79 Å². The second kappa shape index (κ2) is 9.21. The van der Waals surface area contributed by atoms with Gasteiger partial charge in [0, 0.05) is 24.8 Å². The first-order valence-electron chi connectivity index (χ1n) is 11.3. The van der Waals surface area contributed by atoms with Gasteiger partial charge in [0.15, 0.2) is 0 Å². The first-order chi connectivity index (χ1) is 14.5. The summed E-state index contributed by atoms with van der Waals surface area (Å²) < 4.78 is 5.79. The second-order valence-electron chi connectivity index (χ2n) is 8.97. The topological polar surface area (TPSA) is 74.4 Å². The summed E-state index contributed by atoms with van der Waals surface area (Å²) in [4.78, 5) is 30.7. The molecule has 2 aliphatic rings. The Hall–Kier alpha value is -2.34. The summed E-state index contributed by atoms with van der Waals surface area (Å²) in [5.41, 5.74) is 3.57. The van der Waals surface area contributed by atoms with Crippen LogP contribution in [0.15, 0.2) is 23.0 Å². The Balaban J connectivity index is 1.57.